The molecule has 0 spiro atoms. The van der Waals surface area contributed by atoms with Crippen molar-refractivity contribution in [1.82, 2.24) is 0 Å². The van der Waals surface area contributed by atoms with E-state index in [1.807, 2.05) is 30.3 Å². The summed E-state index contributed by atoms with van der Waals surface area (Å²) < 4.78 is 0. The van der Waals surface area contributed by atoms with Gasteiger partial charge < -0.3 is 10.8 Å². The summed E-state index contributed by atoms with van der Waals surface area (Å²) in [5.74, 6) is -0.959. The first-order valence-electron chi connectivity index (χ1n) is 3.72. The predicted molar refractivity (Wildman–Crippen MR) is 52.9 cm³/mol. The van der Waals surface area contributed by atoms with E-state index < -0.39 is 12.0 Å². The fourth-order valence-corrected chi connectivity index (χ4v) is 0.955. The molecule has 3 N–H and O–H groups in total. The third-order valence-corrected chi connectivity index (χ3v) is 1.62. The average molecular weight is 173 g/mol. The van der Waals surface area contributed by atoms with Crippen molar-refractivity contribution >= 4 is 24.8 Å². The van der Waals surface area contributed by atoms with Crippen molar-refractivity contribution in [3.05, 3.63) is 35.9 Å². The number of aliphatic carboxylic acids is 1. The number of carboxylic acid groups (broad SMARTS) is 1. The molecule has 0 amide bonds. The van der Waals surface area contributed by atoms with E-state index in [0.29, 0.717) is 6.42 Å². The van der Waals surface area contributed by atoms with Crippen LogP contribution in [-0.4, -0.2) is 36.0 Å². The van der Waals surface area contributed by atoms with E-state index in [2.05, 4.69) is 0 Å². The molecule has 13 heavy (non-hydrogen) atoms. The Hall–Kier alpha value is -0.753. The number of benzene rings is 1. The van der Waals surface area contributed by atoms with Crippen molar-refractivity contribution in [2.75, 3.05) is 0 Å². The van der Waals surface area contributed by atoms with E-state index >= 15 is 0 Å². The summed E-state index contributed by atoms with van der Waals surface area (Å²) in [7, 11) is 0. The number of carbonyl (C=O) groups is 1. The van der Waals surface area contributed by atoms with Gasteiger partial charge in [-0.05, 0) is 12.0 Å². The molecule has 1 aromatic carbocycles. The molecule has 0 radical (unpaired) electrons. The van der Waals surface area contributed by atoms with Crippen LogP contribution in [0.25, 0.3) is 0 Å². The summed E-state index contributed by atoms with van der Waals surface area (Å²) in [6.07, 6.45) is 0.385. The van der Waals surface area contributed by atoms with Gasteiger partial charge in [-0.3, -0.25) is 4.79 Å². The molecule has 0 saturated heterocycles. The SMILES string of the molecule is NC(Cc1ccccc1)C(=O)O.[LiH]. The maximum absolute atomic E-state index is 10.4. The predicted octanol–water partition coefficient (Wildman–Crippen LogP) is -0.00750. The molecule has 0 aliphatic rings. The van der Waals surface area contributed by atoms with Crippen LogP contribution in [0.4, 0.5) is 0 Å². The number of nitrogens with two attached hydrogens (primary N) is 1. The Bertz CT molecular complexity index is 264. The molecule has 0 aromatic heterocycles. The zero-order chi connectivity index (χ0) is 8.97. The summed E-state index contributed by atoms with van der Waals surface area (Å²) in [4.78, 5) is 10.4. The van der Waals surface area contributed by atoms with Gasteiger partial charge in [0.2, 0.25) is 0 Å². The number of carboxylic acids is 1. The van der Waals surface area contributed by atoms with E-state index in [-0.39, 0.29) is 18.9 Å². The second-order valence-electron chi connectivity index (χ2n) is 2.63. The van der Waals surface area contributed by atoms with Crippen LogP contribution in [0.15, 0.2) is 30.3 Å². The Morgan fingerprint density at radius 3 is 2.38 bits per heavy atom. The van der Waals surface area contributed by atoms with Crippen LogP contribution in [0, 0.1) is 0 Å². The molecule has 0 aliphatic heterocycles. The molecule has 3 nitrogen and oxygen atoms in total. The molecule has 0 fully saturated rings. The quantitative estimate of drug-likeness (QED) is 0.632. The molecule has 0 heterocycles. The molecule has 0 aliphatic carbocycles. The van der Waals surface area contributed by atoms with E-state index in [9.17, 15) is 4.79 Å². The topological polar surface area (TPSA) is 63.3 Å². The minimum atomic E-state index is -0.959. The number of rotatable bonds is 3. The first-order chi connectivity index (χ1) is 5.70. The molecule has 1 aromatic rings. The molecule has 0 saturated carbocycles. The van der Waals surface area contributed by atoms with E-state index in [4.69, 9.17) is 10.8 Å². The summed E-state index contributed by atoms with van der Waals surface area (Å²) in [6, 6.07) is 8.54. The first kappa shape index (κ1) is 12.2. The van der Waals surface area contributed by atoms with Gasteiger partial charge in [0.1, 0.15) is 6.04 Å². The van der Waals surface area contributed by atoms with E-state index in [0.717, 1.165) is 5.56 Å². The second kappa shape index (κ2) is 5.82. The van der Waals surface area contributed by atoms with Crippen LogP contribution in [0.1, 0.15) is 5.56 Å². The molecular weight excluding hydrogens is 161 g/mol. The Morgan fingerprint density at radius 2 is 1.92 bits per heavy atom. The van der Waals surface area contributed by atoms with Crippen molar-refractivity contribution < 1.29 is 9.90 Å². The monoisotopic (exact) mass is 173 g/mol. The van der Waals surface area contributed by atoms with Crippen LogP contribution in [0.5, 0.6) is 0 Å². The van der Waals surface area contributed by atoms with Gasteiger partial charge >= 0.3 is 24.8 Å². The standard InChI is InChI=1S/C9H11NO2.Li.H/c10-8(9(11)12)6-7-4-2-1-3-5-7;;/h1-5,8H,6,10H2,(H,11,12);;. The van der Waals surface area contributed by atoms with Crippen LogP contribution in [0.3, 0.4) is 0 Å². The fraction of sp³-hybridized carbons (Fsp3) is 0.222. The Morgan fingerprint density at radius 1 is 1.38 bits per heavy atom. The number of hydrogen-bond donors (Lipinski definition) is 2. The van der Waals surface area contributed by atoms with Crippen LogP contribution >= 0.6 is 0 Å². The van der Waals surface area contributed by atoms with Crippen LogP contribution in [0.2, 0.25) is 0 Å². The zero-order valence-corrected chi connectivity index (χ0v) is 6.60. The van der Waals surface area contributed by atoms with Gasteiger partial charge in [0, 0.05) is 0 Å². The van der Waals surface area contributed by atoms with Crippen molar-refractivity contribution in [2.45, 2.75) is 12.5 Å². The zero-order valence-electron chi connectivity index (χ0n) is 6.60. The van der Waals surface area contributed by atoms with E-state index in [1.165, 1.54) is 0 Å². The van der Waals surface area contributed by atoms with Gasteiger partial charge in [0.05, 0.1) is 0 Å². The second-order valence-corrected chi connectivity index (χ2v) is 2.63. The van der Waals surface area contributed by atoms with Crippen LogP contribution < -0.4 is 5.73 Å². The van der Waals surface area contributed by atoms with Crippen molar-refractivity contribution in [2.24, 2.45) is 5.73 Å². The minimum absolute atomic E-state index is 0. The van der Waals surface area contributed by atoms with Gasteiger partial charge in [-0.15, -0.1) is 0 Å². The van der Waals surface area contributed by atoms with Gasteiger partial charge in [-0.1, -0.05) is 30.3 Å². The Kier molecular flexibility index (Phi) is 5.48. The summed E-state index contributed by atoms with van der Waals surface area (Å²) in [5, 5.41) is 8.52. The van der Waals surface area contributed by atoms with Crippen molar-refractivity contribution in [1.29, 1.82) is 0 Å². The molecule has 1 rings (SSSR count). The average Bonchev–Trinajstić information content (AvgIpc) is 2.06. The first-order valence-corrected chi connectivity index (χ1v) is 3.72. The third-order valence-electron chi connectivity index (χ3n) is 1.62. The maximum atomic E-state index is 10.4. The Balaban J connectivity index is 0.00000144. The molecule has 66 valence electrons. The summed E-state index contributed by atoms with van der Waals surface area (Å²) in [6.45, 7) is 0. The molecule has 4 heteroatoms. The fourth-order valence-electron chi connectivity index (χ4n) is 0.955. The van der Waals surface area contributed by atoms with E-state index in [1.54, 1.807) is 0 Å². The molecule has 0 bridgehead atoms. The van der Waals surface area contributed by atoms with Gasteiger partial charge in [0.25, 0.3) is 0 Å². The van der Waals surface area contributed by atoms with Crippen LogP contribution in [-0.2, 0) is 11.2 Å². The normalized spacial score (nSPS) is 11.5. The summed E-state index contributed by atoms with van der Waals surface area (Å²) in [5.41, 5.74) is 6.30. The summed E-state index contributed by atoms with van der Waals surface area (Å²) >= 11 is 0. The third kappa shape index (κ3) is 4.14. The molecule has 1 unspecified atom stereocenters. The molecular formula is C9H12LiNO2. The van der Waals surface area contributed by atoms with Gasteiger partial charge in [0.15, 0.2) is 0 Å². The van der Waals surface area contributed by atoms with Gasteiger partial charge in [-0.25, -0.2) is 0 Å². The Labute approximate surface area is 89.1 Å². The molecule has 1 atom stereocenters. The number of hydrogen-bond acceptors (Lipinski definition) is 2. The van der Waals surface area contributed by atoms with Gasteiger partial charge in [-0.2, -0.15) is 0 Å². The van der Waals surface area contributed by atoms with Crippen molar-refractivity contribution in [3.63, 3.8) is 0 Å². The van der Waals surface area contributed by atoms with Crippen molar-refractivity contribution in [3.8, 4) is 0 Å².